The van der Waals surface area contributed by atoms with E-state index in [9.17, 15) is 4.79 Å². The molecule has 3 fully saturated rings. The van der Waals surface area contributed by atoms with Crippen LogP contribution in [-0.2, 0) is 17.8 Å². The van der Waals surface area contributed by atoms with Crippen LogP contribution in [0.5, 0.6) is 0 Å². The fourth-order valence-electron chi connectivity index (χ4n) is 5.58. The van der Waals surface area contributed by atoms with Crippen LogP contribution in [0.15, 0.2) is 54.6 Å². The molecule has 0 aliphatic heterocycles. The largest absolute Gasteiger partial charge is 0.309 e. The Bertz CT molecular complexity index is 810. The summed E-state index contributed by atoms with van der Waals surface area (Å²) < 4.78 is 0. The van der Waals surface area contributed by atoms with Gasteiger partial charge in [0.15, 0.2) is 0 Å². The van der Waals surface area contributed by atoms with Crippen LogP contribution in [0.4, 0.5) is 0 Å². The van der Waals surface area contributed by atoms with Crippen molar-refractivity contribution in [1.82, 2.24) is 5.32 Å². The van der Waals surface area contributed by atoms with Crippen molar-refractivity contribution in [2.24, 2.45) is 17.3 Å². The Morgan fingerprint density at radius 2 is 1.71 bits per heavy atom. The van der Waals surface area contributed by atoms with E-state index in [0.717, 1.165) is 25.8 Å². The van der Waals surface area contributed by atoms with Crippen molar-refractivity contribution < 1.29 is 4.79 Å². The minimum absolute atomic E-state index is 0.130. The number of carbonyl (C=O) groups excluding carboxylic acids is 1. The maximum Gasteiger partial charge on any atom is 0.137 e. The highest BCUT2D eigenvalue weighted by atomic mass is 16.1. The van der Waals surface area contributed by atoms with Gasteiger partial charge in [0.25, 0.3) is 0 Å². The Labute approximate surface area is 169 Å². The van der Waals surface area contributed by atoms with Crippen LogP contribution in [0.2, 0.25) is 0 Å². The first kappa shape index (κ1) is 19.4. The monoisotopic (exact) mass is 375 g/mol. The SMILES string of the molecule is CC(C)c1ccc(CC2(C)C3CCC(C(=O)C3)C2NCc2ccccc2)cc1. The second-order valence-electron chi connectivity index (χ2n) is 9.47. The molecular formula is C26H33NO. The molecule has 1 N–H and O–H groups in total. The Morgan fingerprint density at radius 1 is 1.00 bits per heavy atom. The summed E-state index contributed by atoms with van der Waals surface area (Å²) in [6, 6.07) is 20.0. The minimum Gasteiger partial charge on any atom is -0.309 e. The fraction of sp³-hybridized carbons (Fsp3) is 0.500. The first-order valence-corrected chi connectivity index (χ1v) is 10.9. The molecular weight excluding hydrogens is 342 g/mol. The second-order valence-corrected chi connectivity index (χ2v) is 9.47. The molecule has 0 heterocycles. The summed E-state index contributed by atoms with van der Waals surface area (Å²) in [7, 11) is 0. The highest BCUT2D eigenvalue weighted by Gasteiger charge is 2.54. The van der Waals surface area contributed by atoms with Gasteiger partial charge in [-0.3, -0.25) is 4.79 Å². The Balaban J connectivity index is 1.57. The van der Waals surface area contributed by atoms with Crippen molar-refractivity contribution >= 4 is 5.78 Å². The van der Waals surface area contributed by atoms with E-state index < -0.39 is 0 Å². The van der Waals surface area contributed by atoms with E-state index in [2.05, 4.69) is 80.7 Å². The average Bonchev–Trinajstić information content (AvgIpc) is 2.69. The van der Waals surface area contributed by atoms with Crippen molar-refractivity contribution in [3.8, 4) is 0 Å². The number of nitrogens with one attached hydrogen (secondary N) is 1. The average molecular weight is 376 g/mol. The lowest BCUT2D eigenvalue weighted by Crippen LogP contribution is -2.61. The zero-order valence-corrected chi connectivity index (χ0v) is 17.4. The second kappa shape index (κ2) is 7.83. The molecule has 0 radical (unpaired) electrons. The molecule has 4 unspecified atom stereocenters. The third-order valence-electron chi connectivity index (χ3n) is 7.33. The molecule has 2 aromatic carbocycles. The molecule has 3 aliphatic rings. The van der Waals surface area contributed by atoms with Crippen LogP contribution in [-0.4, -0.2) is 11.8 Å². The number of fused-ring (bicyclic) bond motifs is 3. The van der Waals surface area contributed by atoms with E-state index in [-0.39, 0.29) is 17.4 Å². The predicted molar refractivity (Wildman–Crippen MR) is 115 cm³/mol. The van der Waals surface area contributed by atoms with E-state index in [4.69, 9.17) is 0 Å². The lowest BCUT2D eigenvalue weighted by atomic mass is 9.51. The molecule has 5 rings (SSSR count). The van der Waals surface area contributed by atoms with Gasteiger partial charge in [-0.2, -0.15) is 0 Å². The third kappa shape index (κ3) is 3.67. The molecule has 4 atom stereocenters. The number of hydrogen-bond acceptors (Lipinski definition) is 2. The summed E-state index contributed by atoms with van der Waals surface area (Å²) in [6.07, 6.45) is 4.07. The van der Waals surface area contributed by atoms with E-state index in [0.29, 0.717) is 17.6 Å². The number of rotatable bonds is 6. The summed E-state index contributed by atoms with van der Waals surface area (Å²) in [6.45, 7) is 7.75. The van der Waals surface area contributed by atoms with Gasteiger partial charge in [-0.25, -0.2) is 0 Å². The number of carbonyl (C=O) groups is 1. The third-order valence-corrected chi connectivity index (χ3v) is 7.33. The molecule has 0 aromatic heterocycles. The smallest absolute Gasteiger partial charge is 0.137 e. The van der Waals surface area contributed by atoms with Gasteiger partial charge >= 0.3 is 0 Å². The summed E-state index contributed by atoms with van der Waals surface area (Å²) in [5.74, 6) is 1.71. The van der Waals surface area contributed by atoms with Crippen molar-refractivity contribution in [3.63, 3.8) is 0 Å². The zero-order chi connectivity index (χ0) is 19.7. The molecule has 0 spiro atoms. The van der Waals surface area contributed by atoms with Crippen LogP contribution in [0.25, 0.3) is 0 Å². The normalized spacial score (nSPS) is 29.4. The van der Waals surface area contributed by atoms with Gasteiger partial charge in [0.1, 0.15) is 5.78 Å². The first-order valence-electron chi connectivity index (χ1n) is 10.9. The topological polar surface area (TPSA) is 29.1 Å². The van der Waals surface area contributed by atoms with E-state index >= 15 is 0 Å². The maximum atomic E-state index is 12.7. The van der Waals surface area contributed by atoms with Crippen molar-refractivity contribution in [2.45, 2.75) is 65.0 Å². The van der Waals surface area contributed by atoms with Gasteiger partial charge in [0.2, 0.25) is 0 Å². The highest BCUT2D eigenvalue weighted by Crippen LogP contribution is 2.52. The molecule has 3 saturated carbocycles. The first-order chi connectivity index (χ1) is 13.5. The molecule has 2 heteroatoms. The minimum atomic E-state index is 0.130. The van der Waals surface area contributed by atoms with Crippen molar-refractivity contribution in [2.75, 3.05) is 0 Å². The van der Waals surface area contributed by atoms with Crippen LogP contribution in [0.3, 0.4) is 0 Å². The van der Waals surface area contributed by atoms with Crippen molar-refractivity contribution in [1.29, 1.82) is 0 Å². The lowest BCUT2D eigenvalue weighted by molar-refractivity contribution is -0.140. The van der Waals surface area contributed by atoms with E-state index in [1.165, 1.54) is 23.1 Å². The number of ketones is 1. The molecule has 0 saturated heterocycles. The quantitative estimate of drug-likeness (QED) is 0.720. The highest BCUT2D eigenvalue weighted by molar-refractivity contribution is 5.84. The van der Waals surface area contributed by atoms with Gasteiger partial charge in [0.05, 0.1) is 0 Å². The summed E-state index contributed by atoms with van der Waals surface area (Å²) in [5, 5.41) is 3.82. The van der Waals surface area contributed by atoms with E-state index in [1.807, 2.05) is 0 Å². The summed E-state index contributed by atoms with van der Waals surface area (Å²) in [5.41, 5.74) is 4.22. The maximum absolute atomic E-state index is 12.7. The molecule has 2 nitrogen and oxygen atoms in total. The zero-order valence-electron chi connectivity index (χ0n) is 17.4. The number of benzene rings is 2. The van der Waals surface area contributed by atoms with Gasteiger partial charge < -0.3 is 5.32 Å². The molecule has 3 aliphatic carbocycles. The van der Waals surface area contributed by atoms with Gasteiger partial charge in [-0.15, -0.1) is 0 Å². The Kier molecular flexibility index (Phi) is 5.42. The van der Waals surface area contributed by atoms with Crippen molar-refractivity contribution in [3.05, 3.63) is 71.3 Å². The molecule has 2 bridgehead atoms. The van der Waals surface area contributed by atoms with Crippen LogP contribution >= 0.6 is 0 Å². The number of hydrogen-bond donors (Lipinski definition) is 1. The van der Waals surface area contributed by atoms with Gasteiger partial charge in [0, 0.05) is 24.9 Å². The predicted octanol–water partition coefficient (Wildman–Crippen LogP) is 5.52. The Morgan fingerprint density at radius 3 is 2.36 bits per heavy atom. The molecule has 28 heavy (non-hydrogen) atoms. The summed E-state index contributed by atoms with van der Waals surface area (Å²) >= 11 is 0. The van der Waals surface area contributed by atoms with Crippen LogP contribution < -0.4 is 5.32 Å². The van der Waals surface area contributed by atoms with Crippen LogP contribution in [0, 0.1) is 17.3 Å². The molecule has 148 valence electrons. The van der Waals surface area contributed by atoms with Gasteiger partial charge in [-0.05, 0) is 53.2 Å². The molecule has 0 amide bonds. The molecule has 2 aromatic rings. The van der Waals surface area contributed by atoms with Gasteiger partial charge in [-0.1, -0.05) is 75.4 Å². The Hall–Kier alpha value is -1.93. The number of Topliss-reactive ketones (excluding diaryl/α,β-unsaturated/α-hetero) is 1. The standard InChI is InChI=1S/C26H33NO/c1-18(2)21-11-9-19(10-12-21)16-26(3)22-13-14-23(24(28)15-22)25(26)27-17-20-7-5-4-6-8-20/h4-12,18,22-23,25,27H,13-17H2,1-3H3. The summed E-state index contributed by atoms with van der Waals surface area (Å²) in [4.78, 5) is 12.7. The fourth-order valence-corrected chi connectivity index (χ4v) is 5.58. The lowest BCUT2D eigenvalue weighted by Gasteiger charge is -2.55. The van der Waals surface area contributed by atoms with Crippen LogP contribution in [0.1, 0.15) is 62.6 Å². The van der Waals surface area contributed by atoms with E-state index in [1.54, 1.807) is 0 Å².